The molecule has 4 aromatic rings. The fraction of sp³-hybridized carbons (Fsp3) is 0.0833. The Morgan fingerprint density at radius 1 is 0.846 bits per heavy atom. The Morgan fingerprint density at radius 3 is 2.31 bits per heavy atom. The van der Waals surface area contributed by atoms with Crippen molar-refractivity contribution in [1.82, 2.24) is 0 Å². The number of benzene rings is 3. The standard InChI is InChI=1S/C24H18O2/c1-25-20-13-15-24-22(17-20)21(16-19-10-6-3-7-11-19)23(26-24)14-12-18-8-4-2-5-9-18/h2-11,13,15,17H,16H2,1H3. The number of fused-ring (bicyclic) bond motifs is 1. The Bertz CT molecular complexity index is 1080. The molecule has 0 aliphatic rings. The molecule has 0 bridgehead atoms. The lowest BCUT2D eigenvalue weighted by Crippen LogP contribution is -1.90. The van der Waals surface area contributed by atoms with E-state index in [-0.39, 0.29) is 0 Å². The summed E-state index contributed by atoms with van der Waals surface area (Å²) in [6.45, 7) is 0. The average Bonchev–Trinajstić information content (AvgIpc) is 3.04. The van der Waals surface area contributed by atoms with Crippen molar-refractivity contribution in [3.05, 3.63) is 101 Å². The molecule has 0 aliphatic heterocycles. The summed E-state index contributed by atoms with van der Waals surface area (Å²) in [5, 5.41) is 1.05. The third kappa shape index (κ3) is 3.34. The second kappa shape index (κ2) is 7.21. The molecule has 126 valence electrons. The average molecular weight is 338 g/mol. The molecule has 4 rings (SSSR count). The van der Waals surface area contributed by atoms with Crippen LogP contribution in [-0.2, 0) is 6.42 Å². The van der Waals surface area contributed by atoms with Gasteiger partial charge in [0.15, 0.2) is 5.76 Å². The van der Waals surface area contributed by atoms with Crippen LogP contribution in [0.4, 0.5) is 0 Å². The van der Waals surface area contributed by atoms with Gasteiger partial charge in [0.25, 0.3) is 0 Å². The second-order valence-electron chi connectivity index (χ2n) is 6.05. The lowest BCUT2D eigenvalue weighted by atomic mass is 10.0. The van der Waals surface area contributed by atoms with Crippen molar-refractivity contribution in [1.29, 1.82) is 0 Å². The van der Waals surface area contributed by atoms with E-state index in [0.29, 0.717) is 5.76 Å². The van der Waals surface area contributed by atoms with Crippen LogP contribution in [0, 0.1) is 11.8 Å². The molecule has 26 heavy (non-hydrogen) atoms. The molecular formula is C24H18O2. The van der Waals surface area contributed by atoms with Crippen LogP contribution >= 0.6 is 0 Å². The minimum absolute atomic E-state index is 0.709. The summed E-state index contributed by atoms with van der Waals surface area (Å²) in [5.74, 6) is 7.95. The Morgan fingerprint density at radius 2 is 1.58 bits per heavy atom. The molecule has 0 spiro atoms. The summed E-state index contributed by atoms with van der Waals surface area (Å²) in [6.07, 6.45) is 0.764. The van der Waals surface area contributed by atoms with Crippen molar-refractivity contribution in [3.8, 4) is 17.6 Å². The van der Waals surface area contributed by atoms with Crippen LogP contribution in [0.2, 0.25) is 0 Å². The molecule has 2 nitrogen and oxygen atoms in total. The summed E-state index contributed by atoms with van der Waals surface area (Å²) in [7, 11) is 1.67. The van der Waals surface area contributed by atoms with Crippen molar-refractivity contribution in [2.45, 2.75) is 6.42 Å². The van der Waals surface area contributed by atoms with Crippen molar-refractivity contribution in [3.63, 3.8) is 0 Å². The minimum atomic E-state index is 0.709. The highest BCUT2D eigenvalue weighted by Gasteiger charge is 2.14. The number of methoxy groups -OCH3 is 1. The molecule has 0 fully saturated rings. The highest BCUT2D eigenvalue weighted by molar-refractivity contribution is 5.85. The number of furan rings is 1. The smallest absolute Gasteiger partial charge is 0.182 e. The lowest BCUT2D eigenvalue weighted by Gasteiger charge is -2.02. The summed E-state index contributed by atoms with van der Waals surface area (Å²) < 4.78 is 11.5. The number of hydrogen-bond donors (Lipinski definition) is 0. The van der Waals surface area contributed by atoms with E-state index in [1.807, 2.05) is 66.7 Å². The molecule has 0 amide bonds. The minimum Gasteiger partial charge on any atom is -0.497 e. The Kier molecular flexibility index (Phi) is 4.45. The van der Waals surface area contributed by atoms with Gasteiger partial charge in [-0.2, -0.15) is 0 Å². The Balaban J connectivity index is 1.83. The number of rotatable bonds is 3. The first kappa shape index (κ1) is 16.1. The predicted octanol–water partition coefficient (Wildman–Crippen LogP) is 5.43. The van der Waals surface area contributed by atoms with E-state index in [9.17, 15) is 0 Å². The molecular weight excluding hydrogens is 320 g/mol. The van der Waals surface area contributed by atoms with Crippen molar-refractivity contribution in [2.24, 2.45) is 0 Å². The van der Waals surface area contributed by atoms with Gasteiger partial charge in [-0.1, -0.05) is 54.5 Å². The summed E-state index contributed by atoms with van der Waals surface area (Å²) in [5.41, 5.74) is 4.11. The van der Waals surface area contributed by atoms with Crippen LogP contribution < -0.4 is 4.74 Å². The SMILES string of the molecule is COc1ccc2oc(C#Cc3ccccc3)c(Cc3ccccc3)c2c1. The van der Waals surface area contributed by atoms with Crippen LogP contribution in [0.3, 0.4) is 0 Å². The van der Waals surface area contributed by atoms with E-state index in [1.54, 1.807) is 7.11 Å². The van der Waals surface area contributed by atoms with Gasteiger partial charge in [0.1, 0.15) is 11.3 Å². The molecule has 0 N–H and O–H groups in total. The van der Waals surface area contributed by atoms with Crippen LogP contribution in [0.25, 0.3) is 11.0 Å². The maximum absolute atomic E-state index is 6.06. The molecule has 2 heteroatoms. The molecule has 1 aromatic heterocycles. The largest absolute Gasteiger partial charge is 0.497 e. The maximum atomic E-state index is 6.06. The van der Waals surface area contributed by atoms with Gasteiger partial charge in [-0.25, -0.2) is 0 Å². The van der Waals surface area contributed by atoms with E-state index in [4.69, 9.17) is 9.15 Å². The molecule has 0 atom stereocenters. The molecule has 0 unspecified atom stereocenters. The second-order valence-corrected chi connectivity index (χ2v) is 6.05. The molecule has 0 radical (unpaired) electrons. The zero-order valence-electron chi connectivity index (χ0n) is 14.5. The van der Waals surface area contributed by atoms with Gasteiger partial charge in [0.2, 0.25) is 0 Å². The molecule has 0 saturated heterocycles. The fourth-order valence-corrected chi connectivity index (χ4v) is 2.98. The predicted molar refractivity (Wildman–Crippen MR) is 104 cm³/mol. The van der Waals surface area contributed by atoms with Crippen molar-refractivity contribution < 1.29 is 9.15 Å². The first-order valence-corrected chi connectivity index (χ1v) is 8.54. The van der Waals surface area contributed by atoms with Gasteiger partial charge in [0, 0.05) is 22.9 Å². The van der Waals surface area contributed by atoms with Gasteiger partial charge in [0.05, 0.1) is 7.11 Å². The summed E-state index contributed by atoms with van der Waals surface area (Å²) in [4.78, 5) is 0. The third-order valence-electron chi connectivity index (χ3n) is 4.32. The number of hydrogen-bond acceptors (Lipinski definition) is 2. The quantitative estimate of drug-likeness (QED) is 0.465. The molecule has 0 aliphatic carbocycles. The zero-order valence-corrected chi connectivity index (χ0v) is 14.5. The van der Waals surface area contributed by atoms with Gasteiger partial charge < -0.3 is 9.15 Å². The van der Waals surface area contributed by atoms with Crippen molar-refractivity contribution in [2.75, 3.05) is 7.11 Å². The van der Waals surface area contributed by atoms with E-state index in [0.717, 1.165) is 34.3 Å². The highest BCUT2D eigenvalue weighted by atomic mass is 16.5. The molecule has 1 heterocycles. The summed E-state index contributed by atoms with van der Waals surface area (Å²) >= 11 is 0. The van der Waals surface area contributed by atoms with Crippen LogP contribution in [0.5, 0.6) is 5.75 Å². The van der Waals surface area contributed by atoms with Crippen LogP contribution in [-0.4, -0.2) is 7.11 Å². The lowest BCUT2D eigenvalue weighted by molar-refractivity contribution is 0.415. The molecule has 0 saturated carbocycles. The zero-order chi connectivity index (χ0) is 17.8. The van der Waals surface area contributed by atoms with Crippen molar-refractivity contribution >= 4 is 11.0 Å². The van der Waals surface area contributed by atoms with Crippen LogP contribution in [0.15, 0.2) is 83.3 Å². The highest BCUT2D eigenvalue weighted by Crippen LogP contribution is 2.30. The molecule has 3 aromatic carbocycles. The van der Waals surface area contributed by atoms with E-state index < -0.39 is 0 Å². The van der Waals surface area contributed by atoms with Gasteiger partial charge >= 0.3 is 0 Å². The van der Waals surface area contributed by atoms with E-state index >= 15 is 0 Å². The first-order chi connectivity index (χ1) is 12.8. The fourth-order valence-electron chi connectivity index (χ4n) is 2.98. The normalized spacial score (nSPS) is 10.3. The monoisotopic (exact) mass is 338 g/mol. The van der Waals surface area contributed by atoms with E-state index in [1.165, 1.54) is 5.56 Å². The Hall–Kier alpha value is -3.44. The van der Waals surface area contributed by atoms with E-state index in [2.05, 4.69) is 24.0 Å². The summed E-state index contributed by atoms with van der Waals surface area (Å²) in [6, 6.07) is 26.2. The maximum Gasteiger partial charge on any atom is 0.182 e. The van der Waals surface area contributed by atoms with Crippen LogP contribution in [0.1, 0.15) is 22.5 Å². The van der Waals surface area contributed by atoms with Gasteiger partial charge in [-0.3, -0.25) is 0 Å². The number of ether oxygens (including phenoxy) is 1. The first-order valence-electron chi connectivity index (χ1n) is 8.54. The topological polar surface area (TPSA) is 22.4 Å². The van der Waals surface area contributed by atoms with Gasteiger partial charge in [-0.15, -0.1) is 0 Å². The van der Waals surface area contributed by atoms with Gasteiger partial charge in [-0.05, 0) is 41.8 Å². The Labute approximate surface area is 153 Å². The third-order valence-corrected chi connectivity index (χ3v) is 4.32.